The lowest BCUT2D eigenvalue weighted by Gasteiger charge is -2.07. The molecule has 0 spiro atoms. The Hall–Kier alpha value is -2.11. The third-order valence-corrected chi connectivity index (χ3v) is 2.82. The summed E-state index contributed by atoms with van der Waals surface area (Å²) in [7, 11) is 3.52. The average molecular weight is 247 g/mol. The van der Waals surface area contributed by atoms with Gasteiger partial charge in [0.25, 0.3) is 0 Å². The predicted octanol–water partition coefficient (Wildman–Crippen LogP) is 1.45. The number of nitrogens with one attached hydrogen (secondary N) is 1. The van der Waals surface area contributed by atoms with Gasteiger partial charge in [-0.15, -0.1) is 0 Å². The Kier molecular flexibility index (Phi) is 3.45. The summed E-state index contributed by atoms with van der Waals surface area (Å²) < 4.78 is 6.96. The van der Waals surface area contributed by atoms with Crippen LogP contribution in [-0.4, -0.2) is 26.9 Å². The summed E-state index contributed by atoms with van der Waals surface area (Å²) in [6.07, 6.45) is 1.85. The van der Waals surface area contributed by atoms with E-state index in [2.05, 4.69) is 20.4 Å². The first-order valence-electron chi connectivity index (χ1n) is 5.71. The van der Waals surface area contributed by atoms with E-state index in [1.54, 1.807) is 13.2 Å². The zero-order valence-corrected chi connectivity index (χ0v) is 11.1. The van der Waals surface area contributed by atoms with Crippen LogP contribution in [0.4, 0.5) is 5.82 Å². The summed E-state index contributed by atoms with van der Waals surface area (Å²) in [6.45, 7) is 4.55. The summed E-state index contributed by atoms with van der Waals surface area (Å²) in [4.78, 5) is 8.44. The maximum Gasteiger partial charge on any atom is 0.218 e. The molecule has 2 rings (SSSR count). The number of hydrogen-bond donors (Lipinski definition) is 1. The predicted molar refractivity (Wildman–Crippen MR) is 68.6 cm³/mol. The number of nitrogens with zero attached hydrogens (tertiary/aromatic N) is 4. The number of hydrogen-bond acceptors (Lipinski definition) is 5. The molecule has 0 bridgehead atoms. The minimum atomic E-state index is 0.563. The van der Waals surface area contributed by atoms with Crippen molar-refractivity contribution in [1.29, 1.82) is 0 Å². The molecule has 0 saturated carbocycles. The van der Waals surface area contributed by atoms with Crippen LogP contribution in [0.25, 0.3) is 0 Å². The first-order chi connectivity index (χ1) is 8.60. The van der Waals surface area contributed by atoms with Gasteiger partial charge in [-0.25, -0.2) is 4.98 Å². The molecule has 0 amide bonds. The molecule has 0 aromatic carbocycles. The van der Waals surface area contributed by atoms with E-state index in [4.69, 9.17) is 4.74 Å². The van der Waals surface area contributed by atoms with Crippen LogP contribution >= 0.6 is 0 Å². The Labute approximate surface area is 106 Å². The van der Waals surface area contributed by atoms with Gasteiger partial charge < -0.3 is 10.1 Å². The molecular formula is C12H17N5O. The quantitative estimate of drug-likeness (QED) is 0.885. The molecule has 2 heterocycles. The summed E-state index contributed by atoms with van der Waals surface area (Å²) in [5.74, 6) is 2.00. The van der Waals surface area contributed by atoms with Gasteiger partial charge in [-0.05, 0) is 13.8 Å². The minimum Gasteiger partial charge on any atom is -0.481 e. The first kappa shape index (κ1) is 12.3. The lowest BCUT2D eigenvalue weighted by Crippen LogP contribution is -2.05. The highest BCUT2D eigenvalue weighted by atomic mass is 16.5. The standard InChI is InChI=1S/C12H17N5O/c1-8-10(7-14-17(8)3)6-13-11-5-12(18-4)16-9(2)15-11/h5,7H,6H2,1-4H3,(H,13,15,16). The van der Waals surface area contributed by atoms with Crippen molar-refractivity contribution in [3.8, 4) is 5.88 Å². The Balaban J connectivity index is 2.10. The number of ether oxygens (including phenoxy) is 1. The molecule has 0 radical (unpaired) electrons. The van der Waals surface area contributed by atoms with E-state index >= 15 is 0 Å². The fraction of sp³-hybridized carbons (Fsp3) is 0.417. The molecule has 0 saturated heterocycles. The van der Waals surface area contributed by atoms with Gasteiger partial charge in [0, 0.05) is 30.9 Å². The first-order valence-corrected chi connectivity index (χ1v) is 5.71. The molecule has 1 N–H and O–H groups in total. The maximum absolute atomic E-state index is 5.11. The molecule has 2 aromatic heterocycles. The molecule has 0 unspecified atom stereocenters. The molecule has 18 heavy (non-hydrogen) atoms. The fourth-order valence-corrected chi connectivity index (χ4v) is 1.64. The van der Waals surface area contributed by atoms with Crippen molar-refractivity contribution >= 4 is 5.82 Å². The monoisotopic (exact) mass is 247 g/mol. The summed E-state index contributed by atoms with van der Waals surface area (Å²) in [5.41, 5.74) is 2.29. The van der Waals surface area contributed by atoms with E-state index in [0.717, 1.165) is 17.1 Å². The molecule has 0 fully saturated rings. The summed E-state index contributed by atoms with van der Waals surface area (Å²) in [6, 6.07) is 1.78. The van der Waals surface area contributed by atoms with Crippen molar-refractivity contribution in [2.45, 2.75) is 20.4 Å². The van der Waals surface area contributed by atoms with E-state index < -0.39 is 0 Å². The summed E-state index contributed by atoms with van der Waals surface area (Å²) in [5, 5.41) is 7.45. The van der Waals surface area contributed by atoms with Gasteiger partial charge in [0.05, 0.1) is 13.3 Å². The number of rotatable bonds is 4. The normalized spacial score (nSPS) is 10.4. The Morgan fingerprint density at radius 2 is 2.11 bits per heavy atom. The molecule has 0 aliphatic carbocycles. The minimum absolute atomic E-state index is 0.563. The van der Waals surface area contributed by atoms with Crippen LogP contribution in [0.3, 0.4) is 0 Å². The highest BCUT2D eigenvalue weighted by molar-refractivity contribution is 5.39. The summed E-state index contributed by atoms with van der Waals surface area (Å²) >= 11 is 0. The molecule has 0 atom stereocenters. The highest BCUT2D eigenvalue weighted by Gasteiger charge is 2.05. The smallest absolute Gasteiger partial charge is 0.218 e. The van der Waals surface area contributed by atoms with Crippen molar-refractivity contribution < 1.29 is 4.74 Å². The Morgan fingerprint density at radius 1 is 1.33 bits per heavy atom. The maximum atomic E-state index is 5.11. The van der Waals surface area contributed by atoms with Crippen LogP contribution in [0.2, 0.25) is 0 Å². The van der Waals surface area contributed by atoms with Crippen LogP contribution in [-0.2, 0) is 13.6 Å². The van der Waals surface area contributed by atoms with Crippen molar-refractivity contribution in [1.82, 2.24) is 19.7 Å². The highest BCUT2D eigenvalue weighted by Crippen LogP contribution is 2.14. The van der Waals surface area contributed by atoms with Gasteiger partial charge in [-0.1, -0.05) is 0 Å². The van der Waals surface area contributed by atoms with Crippen molar-refractivity contribution in [3.63, 3.8) is 0 Å². The Morgan fingerprint density at radius 3 is 2.72 bits per heavy atom. The van der Waals surface area contributed by atoms with Crippen LogP contribution in [0.1, 0.15) is 17.1 Å². The number of methoxy groups -OCH3 is 1. The molecular weight excluding hydrogens is 230 g/mol. The van der Waals surface area contributed by atoms with Crippen LogP contribution in [0.5, 0.6) is 5.88 Å². The average Bonchev–Trinajstić information content (AvgIpc) is 2.67. The number of aromatic nitrogens is 4. The third-order valence-electron chi connectivity index (χ3n) is 2.82. The van der Waals surface area contributed by atoms with Crippen LogP contribution < -0.4 is 10.1 Å². The second kappa shape index (κ2) is 5.03. The van der Waals surface area contributed by atoms with Gasteiger partial charge in [0.2, 0.25) is 5.88 Å². The second-order valence-corrected chi connectivity index (χ2v) is 4.08. The zero-order valence-electron chi connectivity index (χ0n) is 11.1. The topological polar surface area (TPSA) is 64.9 Å². The van der Waals surface area contributed by atoms with E-state index in [0.29, 0.717) is 18.2 Å². The second-order valence-electron chi connectivity index (χ2n) is 4.08. The van der Waals surface area contributed by atoms with Gasteiger partial charge in [-0.2, -0.15) is 10.1 Å². The van der Waals surface area contributed by atoms with Crippen LogP contribution in [0.15, 0.2) is 12.3 Å². The van der Waals surface area contributed by atoms with Gasteiger partial charge in [-0.3, -0.25) is 4.68 Å². The third kappa shape index (κ3) is 2.58. The molecule has 0 aliphatic rings. The lowest BCUT2D eigenvalue weighted by molar-refractivity contribution is 0.396. The van der Waals surface area contributed by atoms with E-state index in [1.165, 1.54) is 0 Å². The fourth-order valence-electron chi connectivity index (χ4n) is 1.64. The number of aryl methyl sites for hydroxylation is 2. The Bertz CT molecular complexity index is 549. The molecule has 6 nitrogen and oxygen atoms in total. The lowest BCUT2D eigenvalue weighted by atomic mass is 10.2. The molecule has 0 aliphatic heterocycles. The molecule has 96 valence electrons. The van der Waals surface area contributed by atoms with Gasteiger partial charge in [0.15, 0.2) is 0 Å². The van der Waals surface area contributed by atoms with Gasteiger partial charge >= 0.3 is 0 Å². The SMILES string of the molecule is COc1cc(NCc2cnn(C)c2C)nc(C)n1. The van der Waals surface area contributed by atoms with E-state index in [-0.39, 0.29) is 0 Å². The molecule has 6 heteroatoms. The largest absolute Gasteiger partial charge is 0.481 e. The van der Waals surface area contributed by atoms with Crippen molar-refractivity contribution in [2.75, 3.05) is 12.4 Å². The van der Waals surface area contributed by atoms with Gasteiger partial charge in [0.1, 0.15) is 11.6 Å². The van der Waals surface area contributed by atoms with Crippen LogP contribution in [0, 0.1) is 13.8 Å². The zero-order chi connectivity index (χ0) is 13.1. The van der Waals surface area contributed by atoms with E-state index in [1.807, 2.05) is 31.8 Å². The van der Waals surface area contributed by atoms with Crippen molar-refractivity contribution in [3.05, 3.63) is 29.3 Å². The molecule has 2 aromatic rings. The van der Waals surface area contributed by atoms with Crippen molar-refractivity contribution in [2.24, 2.45) is 7.05 Å². The number of anilines is 1. The van der Waals surface area contributed by atoms with E-state index in [9.17, 15) is 0 Å².